The highest BCUT2D eigenvalue weighted by atomic mass is 32.2. The number of carboxylic acids is 1. The van der Waals surface area contributed by atoms with Crippen molar-refractivity contribution in [3.8, 4) is 11.4 Å². The van der Waals surface area contributed by atoms with Gasteiger partial charge < -0.3 is 14.4 Å². The van der Waals surface area contributed by atoms with E-state index in [-0.39, 0.29) is 10.6 Å². The minimum Gasteiger partial charge on any atom is -0.480 e. The van der Waals surface area contributed by atoms with Crippen LogP contribution in [0.1, 0.15) is 50.9 Å². The Kier molecular flexibility index (Phi) is 8.60. The molecule has 1 saturated heterocycles. The van der Waals surface area contributed by atoms with Gasteiger partial charge in [-0.3, -0.25) is 5.01 Å². The van der Waals surface area contributed by atoms with Crippen LogP contribution in [0.4, 0.5) is 14.5 Å². The summed E-state index contributed by atoms with van der Waals surface area (Å²) in [5.74, 6) is 0.162. The molecule has 5 rings (SSSR count). The maximum absolute atomic E-state index is 14.0. The van der Waals surface area contributed by atoms with Gasteiger partial charge in [0.15, 0.2) is 15.4 Å². The molecule has 1 fully saturated rings. The van der Waals surface area contributed by atoms with E-state index in [9.17, 15) is 27.1 Å². The number of rotatable bonds is 10. The highest BCUT2D eigenvalue weighted by Gasteiger charge is 2.47. The number of benzene rings is 2. The number of carbonyl (C=O) groups is 1. The van der Waals surface area contributed by atoms with Crippen molar-refractivity contribution < 1.29 is 31.8 Å². The van der Waals surface area contributed by atoms with Crippen LogP contribution in [-0.4, -0.2) is 65.5 Å². The number of halogens is 2. The molecule has 42 heavy (non-hydrogen) atoms. The Morgan fingerprint density at radius 2 is 1.74 bits per heavy atom. The second-order valence-corrected chi connectivity index (χ2v) is 14.4. The normalized spacial score (nSPS) is 17.1. The summed E-state index contributed by atoms with van der Waals surface area (Å²) in [6, 6.07) is 15.8. The van der Waals surface area contributed by atoms with Crippen molar-refractivity contribution in [2.24, 2.45) is 0 Å². The fourth-order valence-corrected chi connectivity index (χ4v) is 7.37. The van der Waals surface area contributed by atoms with Gasteiger partial charge in [0.2, 0.25) is 0 Å². The number of hydrogen-bond donors (Lipinski definition) is 1. The molecule has 0 unspecified atom stereocenters. The van der Waals surface area contributed by atoms with Crippen LogP contribution in [0.3, 0.4) is 0 Å². The average molecular weight is 620 g/mol. The lowest BCUT2D eigenvalue weighted by molar-refractivity contribution is -0.140. The molecule has 12 heteroatoms. The summed E-state index contributed by atoms with van der Waals surface area (Å²) < 4.78 is 61.7. The average Bonchev–Trinajstić information content (AvgIpc) is 3.43. The van der Waals surface area contributed by atoms with Crippen LogP contribution in [-0.2, 0) is 20.2 Å². The van der Waals surface area contributed by atoms with Crippen LogP contribution in [0.15, 0.2) is 65.6 Å². The maximum atomic E-state index is 14.0. The number of sulfone groups is 1. The van der Waals surface area contributed by atoms with E-state index in [4.69, 9.17) is 4.74 Å². The molecular formula is C30H35F2N3O5S2. The first-order valence-electron chi connectivity index (χ1n) is 13.9. The van der Waals surface area contributed by atoms with Crippen LogP contribution in [0.25, 0.3) is 5.69 Å². The van der Waals surface area contributed by atoms with Gasteiger partial charge in [-0.25, -0.2) is 27.0 Å². The molecule has 0 saturated carbocycles. The predicted octanol–water partition coefficient (Wildman–Crippen LogP) is 5.91. The van der Waals surface area contributed by atoms with Gasteiger partial charge in [-0.2, -0.15) is 11.8 Å². The van der Waals surface area contributed by atoms with Gasteiger partial charge in [0, 0.05) is 25.9 Å². The van der Waals surface area contributed by atoms with E-state index in [0.717, 1.165) is 0 Å². The summed E-state index contributed by atoms with van der Waals surface area (Å²) >= 11 is 1.55. The third-order valence-electron chi connectivity index (χ3n) is 8.09. The molecule has 8 nitrogen and oxygen atoms in total. The van der Waals surface area contributed by atoms with Crippen molar-refractivity contribution in [1.29, 1.82) is 0 Å². The number of para-hydroxylation sites is 2. The molecule has 0 amide bonds. The molecular weight excluding hydrogens is 584 g/mol. The summed E-state index contributed by atoms with van der Waals surface area (Å²) in [5.41, 5.74) is 0.839. The van der Waals surface area contributed by atoms with Crippen LogP contribution >= 0.6 is 11.8 Å². The van der Waals surface area contributed by atoms with Gasteiger partial charge in [0.25, 0.3) is 6.43 Å². The zero-order valence-electron chi connectivity index (χ0n) is 23.7. The molecule has 1 atom stereocenters. The number of piperidine rings is 1. The highest BCUT2D eigenvalue weighted by molar-refractivity contribution is 7.98. The summed E-state index contributed by atoms with van der Waals surface area (Å²) in [7, 11) is -3.49. The molecule has 2 aliphatic rings. The maximum Gasteiger partial charge on any atom is 0.327 e. The predicted molar refractivity (Wildman–Crippen MR) is 160 cm³/mol. The van der Waals surface area contributed by atoms with Crippen molar-refractivity contribution in [3.05, 3.63) is 72.1 Å². The SMILES string of the molecule is CSCC[C@@H](C(=O)O)N(c1ccc(S(=O)(=O)C(C)C)cc1)N1CCC2(CC1)Oc1ccccc1-n1c(C(F)F)ccc12. The Labute approximate surface area is 249 Å². The minimum atomic E-state index is -3.49. The van der Waals surface area contributed by atoms with E-state index in [0.29, 0.717) is 60.9 Å². The molecule has 1 aromatic heterocycles. The van der Waals surface area contributed by atoms with E-state index < -0.39 is 39.1 Å². The third-order valence-corrected chi connectivity index (χ3v) is 10.9. The van der Waals surface area contributed by atoms with Crippen molar-refractivity contribution >= 4 is 33.3 Å². The Morgan fingerprint density at radius 3 is 2.33 bits per heavy atom. The van der Waals surface area contributed by atoms with Gasteiger partial charge in [0.05, 0.1) is 32.9 Å². The summed E-state index contributed by atoms with van der Waals surface area (Å²) in [5, 5.41) is 13.4. The number of hydrazine groups is 1. The molecule has 226 valence electrons. The highest BCUT2D eigenvalue weighted by Crippen LogP contribution is 2.47. The van der Waals surface area contributed by atoms with Gasteiger partial charge >= 0.3 is 5.97 Å². The first kappa shape index (κ1) is 30.4. The standard InChI is InChI=1S/C30H35F2N3O5S2/c1-20(2)42(38,39)22-10-8-21(9-11-22)35(25(29(36)37)14-19-41-3)33-17-15-30(16-18-33)27-13-12-24(28(31)32)34(27)23-6-4-5-7-26(23)40-30/h4-13,20,25,28H,14-19H2,1-3H3,(H,36,37)/t25-/m0/s1. The Morgan fingerprint density at radius 1 is 1.07 bits per heavy atom. The van der Waals surface area contributed by atoms with Crippen molar-refractivity contribution in [1.82, 2.24) is 9.58 Å². The molecule has 2 aromatic carbocycles. The molecule has 0 radical (unpaired) electrons. The number of alkyl halides is 2. The lowest BCUT2D eigenvalue weighted by atomic mass is 9.86. The number of ether oxygens (including phenoxy) is 1. The lowest BCUT2D eigenvalue weighted by Gasteiger charge is -2.49. The Bertz CT molecular complexity index is 1530. The van der Waals surface area contributed by atoms with Crippen LogP contribution in [0.2, 0.25) is 0 Å². The van der Waals surface area contributed by atoms with Gasteiger partial charge in [0.1, 0.15) is 11.8 Å². The van der Waals surface area contributed by atoms with Gasteiger partial charge in [-0.05, 0) is 80.8 Å². The smallest absolute Gasteiger partial charge is 0.327 e. The minimum absolute atomic E-state index is 0.0939. The fourth-order valence-electron chi connectivity index (χ4n) is 5.85. The first-order valence-corrected chi connectivity index (χ1v) is 16.8. The van der Waals surface area contributed by atoms with Crippen molar-refractivity contribution in [3.63, 3.8) is 0 Å². The number of carboxylic acid groups (broad SMARTS) is 1. The molecule has 3 aromatic rings. The third kappa shape index (κ3) is 5.40. The molecule has 3 heterocycles. The second kappa shape index (κ2) is 11.9. The Balaban J connectivity index is 1.49. The van der Waals surface area contributed by atoms with E-state index in [1.807, 2.05) is 17.3 Å². The zero-order chi connectivity index (χ0) is 30.2. The lowest BCUT2D eigenvalue weighted by Crippen LogP contribution is -2.58. The van der Waals surface area contributed by atoms with Crippen molar-refractivity contribution in [2.45, 2.75) is 61.3 Å². The van der Waals surface area contributed by atoms with Crippen LogP contribution in [0.5, 0.6) is 5.75 Å². The first-order chi connectivity index (χ1) is 20.0. The van der Waals surface area contributed by atoms with Gasteiger partial charge in [-0.1, -0.05) is 12.1 Å². The monoisotopic (exact) mass is 619 g/mol. The number of nitrogens with zero attached hydrogens (tertiary/aromatic N) is 3. The fraction of sp³-hybridized carbons (Fsp3) is 0.433. The number of hydrogen-bond acceptors (Lipinski definition) is 7. The summed E-state index contributed by atoms with van der Waals surface area (Å²) in [6.45, 7) is 4.03. The summed E-state index contributed by atoms with van der Waals surface area (Å²) in [6.07, 6.45) is 0.487. The van der Waals surface area contributed by atoms with E-state index >= 15 is 0 Å². The van der Waals surface area contributed by atoms with E-state index in [1.54, 1.807) is 71.6 Å². The van der Waals surface area contributed by atoms with E-state index in [1.165, 1.54) is 18.2 Å². The molecule has 1 N–H and O–H groups in total. The summed E-state index contributed by atoms with van der Waals surface area (Å²) in [4.78, 5) is 12.7. The number of fused-ring (bicyclic) bond motifs is 4. The largest absolute Gasteiger partial charge is 0.480 e. The molecule has 0 bridgehead atoms. The number of aliphatic carboxylic acids is 1. The van der Waals surface area contributed by atoms with Crippen LogP contribution in [0, 0.1) is 0 Å². The number of aromatic nitrogens is 1. The second-order valence-electron chi connectivity index (χ2n) is 10.9. The molecule has 1 spiro atoms. The molecule has 0 aliphatic carbocycles. The topological polar surface area (TPSA) is 92.1 Å². The van der Waals surface area contributed by atoms with Crippen LogP contribution < -0.4 is 9.75 Å². The van der Waals surface area contributed by atoms with Gasteiger partial charge in [-0.15, -0.1) is 0 Å². The number of anilines is 1. The quantitative estimate of drug-likeness (QED) is 0.300. The van der Waals surface area contributed by atoms with E-state index in [2.05, 4.69) is 0 Å². The zero-order valence-corrected chi connectivity index (χ0v) is 25.4. The van der Waals surface area contributed by atoms with Crippen molar-refractivity contribution in [2.75, 3.05) is 30.1 Å². The molecule has 2 aliphatic heterocycles. The number of thioether (sulfide) groups is 1. The Hall–Kier alpha value is -3.09.